The molecule has 1 unspecified atom stereocenters. The number of rotatable bonds is 6. The lowest BCUT2D eigenvalue weighted by Gasteiger charge is -2.34. The molecule has 0 aromatic heterocycles. The third-order valence-electron chi connectivity index (χ3n) is 3.53. The lowest BCUT2D eigenvalue weighted by molar-refractivity contribution is 0.00138. The smallest absolute Gasteiger partial charge is 0.0630 e. The minimum absolute atomic E-state index is 0.565. The van der Waals surface area contributed by atoms with Gasteiger partial charge < -0.3 is 4.74 Å². The lowest BCUT2D eigenvalue weighted by atomic mass is 10.1. The molecule has 1 fully saturated rings. The molecule has 2 nitrogen and oxygen atoms in total. The molecule has 0 bridgehead atoms. The van der Waals surface area contributed by atoms with Crippen LogP contribution in [0.1, 0.15) is 18.4 Å². The summed E-state index contributed by atoms with van der Waals surface area (Å²) in [5.41, 5.74) is 1.46. The summed E-state index contributed by atoms with van der Waals surface area (Å²) in [6.07, 6.45) is 3.75. The zero-order valence-electron chi connectivity index (χ0n) is 10.9. The van der Waals surface area contributed by atoms with Crippen LogP contribution in [0.5, 0.6) is 0 Å². The van der Waals surface area contributed by atoms with E-state index in [1.165, 1.54) is 31.4 Å². The van der Waals surface area contributed by atoms with Gasteiger partial charge in [-0.2, -0.15) is 0 Å². The Morgan fingerprint density at radius 2 is 2.06 bits per heavy atom. The first-order chi connectivity index (χ1) is 8.90. The number of hydrogen-bond acceptors (Lipinski definition) is 2. The van der Waals surface area contributed by atoms with E-state index in [2.05, 4.69) is 51.2 Å². The van der Waals surface area contributed by atoms with Crippen LogP contribution in [0.2, 0.25) is 0 Å². The number of morpholine rings is 1. The van der Waals surface area contributed by atoms with Gasteiger partial charge in [-0.15, -0.1) is 0 Å². The maximum atomic E-state index is 5.51. The maximum absolute atomic E-state index is 5.51. The van der Waals surface area contributed by atoms with Crippen molar-refractivity contribution in [3.05, 3.63) is 35.9 Å². The first-order valence-corrected chi connectivity index (χ1v) is 7.94. The number of halogens is 1. The van der Waals surface area contributed by atoms with Crippen molar-refractivity contribution in [2.45, 2.75) is 25.3 Å². The monoisotopic (exact) mass is 311 g/mol. The van der Waals surface area contributed by atoms with Crippen molar-refractivity contribution in [3.8, 4) is 0 Å². The Morgan fingerprint density at radius 3 is 2.83 bits per heavy atom. The molecule has 1 aliphatic rings. The van der Waals surface area contributed by atoms with Crippen molar-refractivity contribution < 1.29 is 4.74 Å². The number of unbranched alkanes of at least 4 members (excludes halogenated alkanes) is 1. The normalized spacial score (nSPS) is 21.1. The van der Waals surface area contributed by atoms with Crippen LogP contribution in [0.15, 0.2) is 30.3 Å². The fraction of sp³-hybridized carbons (Fsp3) is 0.600. The van der Waals surface area contributed by atoms with Crippen molar-refractivity contribution >= 4 is 15.9 Å². The fourth-order valence-corrected chi connectivity index (χ4v) is 3.01. The van der Waals surface area contributed by atoms with E-state index in [9.17, 15) is 0 Å². The highest BCUT2D eigenvalue weighted by Crippen LogP contribution is 2.12. The second-order valence-electron chi connectivity index (χ2n) is 4.86. The minimum atomic E-state index is 0.565. The van der Waals surface area contributed by atoms with Gasteiger partial charge in [0.25, 0.3) is 0 Å². The van der Waals surface area contributed by atoms with Crippen molar-refractivity contribution in [1.82, 2.24) is 4.90 Å². The molecule has 18 heavy (non-hydrogen) atoms. The van der Waals surface area contributed by atoms with Gasteiger partial charge >= 0.3 is 0 Å². The highest BCUT2D eigenvalue weighted by Gasteiger charge is 2.20. The number of nitrogens with zero attached hydrogens (tertiary/aromatic N) is 1. The van der Waals surface area contributed by atoms with Crippen LogP contribution in [0.4, 0.5) is 0 Å². The van der Waals surface area contributed by atoms with Crippen LogP contribution in [-0.4, -0.2) is 42.6 Å². The molecule has 1 heterocycles. The van der Waals surface area contributed by atoms with Gasteiger partial charge in [0.15, 0.2) is 0 Å². The molecular weight excluding hydrogens is 290 g/mol. The average molecular weight is 312 g/mol. The Balaban J connectivity index is 1.65. The predicted molar refractivity (Wildman–Crippen MR) is 79.4 cm³/mol. The number of benzene rings is 1. The van der Waals surface area contributed by atoms with E-state index in [-0.39, 0.29) is 0 Å². The molecule has 2 rings (SSSR count). The molecule has 1 aliphatic heterocycles. The van der Waals surface area contributed by atoms with E-state index >= 15 is 0 Å². The third kappa shape index (κ3) is 4.38. The maximum Gasteiger partial charge on any atom is 0.0630 e. The number of ether oxygens (including phenoxy) is 1. The standard InChI is InChI=1S/C15H22BrNO/c16-12-15-13-18-11-10-17(15)9-5-4-8-14-6-2-1-3-7-14/h1-3,6-7,15H,4-5,8-13H2. The van der Waals surface area contributed by atoms with Gasteiger partial charge in [0.1, 0.15) is 0 Å². The quantitative estimate of drug-likeness (QED) is 0.591. The Morgan fingerprint density at radius 1 is 1.22 bits per heavy atom. The molecule has 1 saturated heterocycles. The van der Waals surface area contributed by atoms with Crippen LogP contribution in [0.3, 0.4) is 0 Å². The van der Waals surface area contributed by atoms with Crippen molar-refractivity contribution in [3.63, 3.8) is 0 Å². The molecule has 1 aromatic carbocycles. The van der Waals surface area contributed by atoms with Gasteiger partial charge in [0.2, 0.25) is 0 Å². The number of hydrogen-bond donors (Lipinski definition) is 0. The third-order valence-corrected chi connectivity index (χ3v) is 4.28. The van der Waals surface area contributed by atoms with E-state index in [0.717, 1.165) is 25.1 Å². The highest BCUT2D eigenvalue weighted by molar-refractivity contribution is 9.09. The second-order valence-corrected chi connectivity index (χ2v) is 5.51. The van der Waals surface area contributed by atoms with Crippen LogP contribution >= 0.6 is 15.9 Å². The van der Waals surface area contributed by atoms with Gasteiger partial charge in [0.05, 0.1) is 13.2 Å². The second kappa shape index (κ2) is 7.93. The number of alkyl halides is 1. The SMILES string of the molecule is BrCC1COCCN1CCCCc1ccccc1. The van der Waals surface area contributed by atoms with Crippen LogP contribution in [0.25, 0.3) is 0 Å². The summed E-state index contributed by atoms with van der Waals surface area (Å²) in [6, 6.07) is 11.3. The molecule has 100 valence electrons. The largest absolute Gasteiger partial charge is 0.378 e. The summed E-state index contributed by atoms with van der Waals surface area (Å²) >= 11 is 3.58. The van der Waals surface area contributed by atoms with Gasteiger partial charge in [-0.25, -0.2) is 0 Å². The van der Waals surface area contributed by atoms with Crippen molar-refractivity contribution in [2.75, 3.05) is 31.6 Å². The average Bonchev–Trinajstić information content (AvgIpc) is 2.45. The Bertz CT molecular complexity index is 331. The molecule has 1 atom stereocenters. The Hall–Kier alpha value is -0.380. The van der Waals surface area contributed by atoms with Crippen LogP contribution < -0.4 is 0 Å². The summed E-state index contributed by atoms with van der Waals surface area (Å²) in [5, 5.41) is 1.02. The summed E-state index contributed by atoms with van der Waals surface area (Å²) in [4.78, 5) is 2.56. The molecular formula is C15H22BrNO. The number of aryl methyl sites for hydroxylation is 1. The van der Waals surface area contributed by atoms with Crippen molar-refractivity contribution in [1.29, 1.82) is 0 Å². The fourth-order valence-electron chi connectivity index (χ4n) is 2.41. The highest BCUT2D eigenvalue weighted by atomic mass is 79.9. The van der Waals surface area contributed by atoms with Crippen LogP contribution in [-0.2, 0) is 11.2 Å². The molecule has 0 saturated carbocycles. The lowest BCUT2D eigenvalue weighted by Crippen LogP contribution is -2.46. The van der Waals surface area contributed by atoms with E-state index in [0.29, 0.717) is 6.04 Å². The van der Waals surface area contributed by atoms with E-state index in [4.69, 9.17) is 4.74 Å². The summed E-state index contributed by atoms with van der Waals surface area (Å²) in [5.74, 6) is 0. The van der Waals surface area contributed by atoms with Gasteiger partial charge in [-0.3, -0.25) is 4.90 Å². The summed E-state index contributed by atoms with van der Waals surface area (Å²) in [7, 11) is 0. The molecule has 1 aromatic rings. The van der Waals surface area contributed by atoms with Gasteiger partial charge in [-0.1, -0.05) is 46.3 Å². The first kappa shape index (κ1) is 14.0. The van der Waals surface area contributed by atoms with Crippen molar-refractivity contribution in [2.24, 2.45) is 0 Å². The summed E-state index contributed by atoms with van der Waals surface area (Å²) < 4.78 is 5.51. The van der Waals surface area contributed by atoms with Gasteiger partial charge in [-0.05, 0) is 31.4 Å². The molecule has 3 heteroatoms. The molecule has 0 aliphatic carbocycles. The molecule has 0 radical (unpaired) electrons. The minimum Gasteiger partial charge on any atom is -0.378 e. The van der Waals surface area contributed by atoms with E-state index < -0.39 is 0 Å². The first-order valence-electron chi connectivity index (χ1n) is 6.82. The Labute approximate surface area is 118 Å². The van der Waals surface area contributed by atoms with E-state index in [1.54, 1.807) is 0 Å². The van der Waals surface area contributed by atoms with Gasteiger partial charge in [0, 0.05) is 17.9 Å². The van der Waals surface area contributed by atoms with E-state index in [1.807, 2.05) is 0 Å². The topological polar surface area (TPSA) is 12.5 Å². The molecule has 0 amide bonds. The Kier molecular flexibility index (Phi) is 6.18. The summed E-state index contributed by atoms with van der Waals surface area (Å²) in [6.45, 7) is 4.06. The molecule has 0 N–H and O–H groups in total. The van der Waals surface area contributed by atoms with Crippen LogP contribution in [0, 0.1) is 0 Å². The predicted octanol–water partition coefficient (Wildman–Crippen LogP) is 3.11. The molecule has 0 spiro atoms. The zero-order valence-corrected chi connectivity index (χ0v) is 12.4. The zero-order chi connectivity index (χ0) is 12.6.